The Morgan fingerprint density at radius 3 is 1.97 bits per heavy atom. The molecule has 0 spiro atoms. The summed E-state index contributed by atoms with van der Waals surface area (Å²) >= 11 is 3.14. The summed E-state index contributed by atoms with van der Waals surface area (Å²) in [4.78, 5) is 22.6. The van der Waals surface area contributed by atoms with Gasteiger partial charge in [-0.1, -0.05) is 113 Å². The fourth-order valence-corrected chi connectivity index (χ4v) is 6.31. The van der Waals surface area contributed by atoms with Crippen LogP contribution in [0.2, 0.25) is 0 Å². The van der Waals surface area contributed by atoms with Crippen LogP contribution in [0.5, 0.6) is 0 Å². The van der Waals surface area contributed by atoms with Crippen LogP contribution in [0.1, 0.15) is 124 Å². The molecule has 2 rings (SSSR count). The third-order valence-corrected chi connectivity index (χ3v) is 8.53. The van der Waals surface area contributed by atoms with Crippen molar-refractivity contribution < 1.29 is 37.5 Å². The SMILES string of the molecule is CCCCCCCCCCCCCCCCCC(=O)N[C@H]1[C@H]2OC(C)(C)O[C@H]2O[C@@H]1COP(=O)(O)OCCBr. The third-order valence-electron chi connectivity index (χ3n) is 7.22. The zero-order chi connectivity index (χ0) is 28.6. The molecule has 2 aliphatic heterocycles. The van der Waals surface area contributed by atoms with Gasteiger partial charge in [0.15, 0.2) is 12.1 Å². The Balaban J connectivity index is 1.59. The molecule has 0 bridgehead atoms. The van der Waals surface area contributed by atoms with Crippen LogP contribution in [-0.4, -0.2) is 59.7 Å². The fourth-order valence-electron chi connectivity index (χ4n) is 5.16. The standard InChI is InChI=1S/C28H53BrNO8P/c1-4-5-6-7-8-9-10-11-12-13-14-15-16-17-18-19-24(31)30-25-23(22-35-39(32,33)34-21-20-29)36-27-26(25)37-28(2,3)38-27/h23,25-27H,4-22H2,1-3H3,(H,30,31)(H,32,33)/t23-,25-,26-,27-/m1/s1. The van der Waals surface area contributed by atoms with Crippen molar-refractivity contribution in [2.24, 2.45) is 0 Å². The largest absolute Gasteiger partial charge is 0.472 e. The highest BCUT2D eigenvalue weighted by molar-refractivity contribution is 9.09. The van der Waals surface area contributed by atoms with Crippen molar-refractivity contribution in [2.45, 2.75) is 154 Å². The first kappa shape index (κ1) is 35.1. The maximum Gasteiger partial charge on any atom is 0.472 e. The first-order valence-corrected chi connectivity index (χ1v) is 17.8. The second-order valence-electron chi connectivity index (χ2n) is 11.2. The van der Waals surface area contributed by atoms with Crippen molar-refractivity contribution in [3.63, 3.8) is 0 Å². The molecule has 2 aliphatic rings. The number of ether oxygens (including phenoxy) is 3. The summed E-state index contributed by atoms with van der Waals surface area (Å²) in [7, 11) is -4.23. The van der Waals surface area contributed by atoms with Gasteiger partial charge in [0.25, 0.3) is 0 Å². The van der Waals surface area contributed by atoms with Gasteiger partial charge in [-0.15, -0.1) is 0 Å². The number of halogens is 1. The van der Waals surface area contributed by atoms with E-state index in [1.54, 1.807) is 13.8 Å². The zero-order valence-corrected chi connectivity index (χ0v) is 26.9. The molecule has 5 atom stereocenters. The van der Waals surface area contributed by atoms with Crippen LogP contribution in [0.4, 0.5) is 0 Å². The quantitative estimate of drug-likeness (QED) is 0.0688. The number of carbonyl (C=O) groups excluding carboxylic acids is 1. The summed E-state index contributed by atoms with van der Waals surface area (Å²) in [5.74, 6) is -0.941. The van der Waals surface area contributed by atoms with Crippen molar-refractivity contribution in [1.29, 1.82) is 0 Å². The minimum Gasteiger partial charge on any atom is -0.348 e. The van der Waals surface area contributed by atoms with Gasteiger partial charge in [-0.25, -0.2) is 4.57 Å². The number of unbranched alkanes of at least 4 members (excludes halogenated alkanes) is 14. The van der Waals surface area contributed by atoms with E-state index in [1.807, 2.05) is 0 Å². The van der Waals surface area contributed by atoms with Gasteiger partial charge in [0.1, 0.15) is 12.2 Å². The number of amides is 1. The highest BCUT2D eigenvalue weighted by Crippen LogP contribution is 2.45. The third kappa shape index (κ3) is 14.6. The second kappa shape index (κ2) is 19.2. The first-order valence-electron chi connectivity index (χ1n) is 15.2. The molecule has 0 saturated carbocycles. The van der Waals surface area contributed by atoms with Crippen molar-refractivity contribution in [3.8, 4) is 0 Å². The Kier molecular flexibility index (Phi) is 17.3. The maximum absolute atomic E-state index is 12.7. The van der Waals surface area contributed by atoms with Crippen molar-refractivity contribution in [3.05, 3.63) is 0 Å². The van der Waals surface area contributed by atoms with Gasteiger partial charge in [0.05, 0.1) is 19.3 Å². The number of hydrogen-bond acceptors (Lipinski definition) is 7. The zero-order valence-electron chi connectivity index (χ0n) is 24.4. The molecule has 0 aromatic heterocycles. The molecule has 2 saturated heterocycles. The second-order valence-corrected chi connectivity index (χ2v) is 13.5. The number of phosphoric acid groups is 1. The van der Waals surface area contributed by atoms with Crippen LogP contribution in [0.15, 0.2) is 0 Å². The van der Waals surface area contributed by atoms with E-state index in [0.717, 1.165) is 19.3 Å². The summed E-state index contributed by atoms with van der Waals surface area (Å²) in [6.07, 6.45) is 17.6. The van der Waals surface area contributed by atoms with Crippen LogP contribution in [0, 0.1) is 0 Å². The predicted octanol–water partition coefficient (Wildman–Crippen LogP) is 7.14. The Bertz CT molecular complexity index is 728. The topological polar surface area (TPSA) is 113 Å². The van der Waals surface area contributed by atoms with E-state index in [-0.39, 0.29) is 19.1 Å². The molecule has 0 aliphatic carbocycles. The summed E-state index contributed by atoms with van der Waals surface area (Å²) in [5, 5.41) is 3.40. The highest BCUT2D eigenvalue weighted by Gasteiger charge is 2.55. The van der Waals surface area contributed by atoms with Crippen LogP contribution in [-0.2, 0) is 32.6 Å². The van der Waals surface area contributed by atoms with Crippen LogP contribution in [0.3, 0.4) is 0 Å². The van der Waals surface area contributed by atoms with Crippen LogP contribution >= 0.6 is 23.8 Å². The van der Waals surface area contributed by atoms with Crippen LogP contribution < -0.4 is 5.32 Å². The van der Waals surface area contributed by atoms with Gasteiger partial charge in [-0.2, -0.15) is 0 Å². The number of phosphoric ester groups is 1. The van der Waals surface area contributed by atoms with E-state index in [2.05, 4.69) is 28.2 Å². The fraction of sp³-hybridized carbons (Fsp3) is 0.964. The Morgan fingerprint density at radius 1 is 0.897 bits per heavy atom. The van der Waals surface area contributed by atoms with E-state index in [1.165, 1.54) is 77.0 Å². The van der Waals surface area contributed by atoms with Crippen molar-refractivity contribution >= 4 is 29.7 Å². The van der Waals surface area contributed by atoms with Gasteiger partial charge >= 0.3 is 7.82 Å². The first-order chi connectivity index (χ1) is 18.7. The van der Waals surface area contributed by atoms with E-state index >= 15 is 0 Å². The molecule has 1 unspecified atom stereocenters. The molecule has 2 heterocycles. The summed E-state index contributed by atoms with van der Waals surface area (Å²) < 4.78 is 39.7. The highest BCUT2D eigenvalue weighted by atomic mass is 79.9. The van der Waals surface area contributed by atoms with E-state index in [9.17, 15) is 14.3 Å². The van der Waals surface area contributed by atoms with Crippen molar-refractivity contribution in [1.82, 2.24) is 5.32 Å². The lowest BCUT2D eigenvalue weighted by Crippen LogP contribution is -2.49. The molecule has 0 radical (unpaired) electrons. The van der Waals surface area contributed by atoms with Crippen LogP contribution in [0.25, 0.3) is 0 Å². The predicted molar refractivity (Wildman–Crippen MR) is 156 cm³/mol. The molecule has 2 N–H and O–H groups in total. The molecule has 11 heteroatoms. The molecule has 0 aromatic rings. The Hall–Kier alpha value is -0.0600. The average molecular weight is 643 g/mol. The monoisotopic (exact) mass is 641 g/mol. The van der Waals surface area contributed by atoms with Gasteiger partial charge in [-0.3, -0.25) is 13.8 Å². The number of alkyl halides is 1. The molecule has 39 heavy (non-hydrogen) atoms. The van der Waals surface area contributed by atoms with E-state index in [4.69, 9.17) is 23.3 Å². The Morgan fingerprint density at radius 2 is 1.44 bits per heavy atom. The van der Waals surface area contributed by atoms with Gasteiger partial charge < -0.3 is 24.4 Å². The Labute approximate surface area is 244 Å². The molecule has 2 fully saturated rings. The van der Waals surface area contributed by atoms with Gasteiger partial charge in [-0.05, 0) is 20.3 Å². The lowest BCUT2D eigenvalue weighted by Gasteiger charge is -2.26. The number of fused-ring (bicyclic) bond motifs is 1. The van der Waals surface area contributed by atoms with E-state index in [0.29, 0.717) is 11.8 Å². The summed E-state index contributed by atoms with van der Waals surface area (Å²) in [6, 6.07) is -0.559. The summed E-state index contributed by atoms with van der Waals surface area (Å²) in [5.41, 5.74) is 0. The smallest absolute Gasteiger partial charge is 0.348 e. The lowest BCUT2D eigenvalue weighted by molar-refractivity contribution is -0.210. The number of nitrogens with one attached hydrogen (secondary N) is 1. The molecular formula is C28H53BrNO8P. The average Bonchev–Trinajstić information content (AvgIpc) is 3.35. The minimum atomic E-state index is -4.23. The molecule has 1 amide bonds. The normalized spacial score (nSPS) is 25.5. The molecule has 230 valence electrons. The van der Waals surface area contributed by atoms with Gasteiger partial charge in [0, 0.05) is 11.8 Å². The number of rotatable bonds is 23. The maximum atomic E-state index is 12.7. The van der Waals surface area contributed by atoms with Gasteiger partial charge in [0.2, 0.25) is 5.91 Å². The number of hydrogen-bond donors (Lipinski definition) is 2. The minimum absolute atomic E-state index is 0.0321. The lowest BCUT2D eigenvalue weighted by atomic mass is 10.0. The molecular weight excluding hydrogens is 589 g/mol. The molecule has 0 aromatic carbocycles. The van der Waals surface area contributed by atoms with Crippen molar-refractivity contribution in [2.75, 3.05) is 18.5 Å². The number of carbonyl (C=O) groups is 1. The van der Waals surface area contributed by atoms with E-state index < -0.39 is 38.1 Å². The summed E-state index contributed by atoms with van der Waals surface area (Å²) in [6.45, 7) is 5.62. The molecule has 9 nitrogen and oxygen atoms in total.